The second kappa shape index (κ2) is 7.46. The first-order valence-electron chi connectivity index (χ1n) is 8.39. The van der Waals surface area contributed by atoms with Crippen LogP contribution in [-0.4, -0.2) is 18.5 Å². The zero-order valence-electron chi connectivity index (χ0n) is 14.6. The molecular formula is C21H19BrO4. The number of carbonyl (C=O) groups excluding carboxylic acids is 2. The van der Waals surface area contributed by atoms with E-state index in [1.165, 1.54) is 0 Å². The Bertz CT molecular complexity index is 842. The summed E-state index contributed by atoms with van der Waals surface area (Å²) in [7, 11) is 0. The van der Waals surface area contributed by atoms with E-state index in [0.717, 1.165) is 15.6 Å². The SMILES string of the molecule is CCOC(=O)C1=CC(c2ccc(Br)cc2)C(C)(c2ccccc2)C(=O)O1. The second-order valence-electron chi connectivity index (χ2n) is 6.24. The summed E-state index contributed by atoms with van der Waals surface area (Å²) in [6.07, 6.45) is 1.69. The van der Waals surface area contributed by atoms with Crippen LogP contribution in [0.1, 0.15) is 30.9 Å². The molecule has 0 saturated carbocycles. The molecule has 2 atom stereocenters. The minimum Gasteiger partial charge on any atom is -0.460 e. The van der Waals surface area contributed by atoms with Crippen molar-refractivity contribution >= 4 is 27.9 Å². The summed E-state index contributed by atoms with van der Waals surface area (Å²) in [5.41, 5.74) is 0.792. The average molecular weight is 415 g/mol. The van der Waals surface area contributed by atoms with Crippen LogP contribution in [0, 0.1) is 0 Å². The Morgan fingerprint density at radius 2 is 1.81 bits per heavy atom. The topological polar surface area (TPSA) is 52.6 Å². The normalized spacial score (nSPS) is 22.3. The molecule has 2 unspecified atom stereocenters. The van der Waals surface area contributed by atoms with Crippen molar-refractivity contribution in [3.8, 4) is 0 Å². The number of rotatable bonds is 4. The number of allylic oxidation sites excluding steroid dienone is 1. The van der Waals surface area contributed by atoms with Gasteiger partial charge in [-0.25, -0.2) is 4.79 Å². The molecule has 3 rings (SSSR count). The molecule has 1 heterocycles. The van der Waals surface area contributed by atoms with Crippen molar-refractivity contribution in [1.82, 2.24) is 0 Å². The first-order chi connectivity index (χ1) is 12.5. The van der Waals surface area contributed by atoms with E-state index in [9.17, 15) is 9.59 Å². The third-order valence-corrected chi connectivity index (χ3v) is 5.17. The first kappa shape index (κ1) is 18.4. The van der Waals surface area contributed by atoms with Crippen LogP contribution in [0.15, 0.2) is 70.9 Å². The van der Waals surface area contributed by atoms with Crippen molar-refractivity contribution in [2.75, 3.05) is 6.61 Å². The van der Waals surface area contributed by atoms with Crippen molar-refractivity contribution < 1.29 is 19.1 Å². The smallest absolute Gasteiger partial charge is 0.374 e. The lowest BCUT2D eigenvalue weighted by Gasteiger charge is -2.38. The van der Waals surface area contributed by atoms with E-state index in [4.69, 9.17) is 9.47 Å². The molecule has 0 aromatic heterocycles. The van der Waals surface area contributed by atoms with Crippen LogP contribution in [0.2, 0.25) is 0 Å². The monoisotopic (exact) mass is 414 g/mol. The van der Waals surface area contributed by atoms with Gasteiger partial charge in [-0.05, 0) is 43.2 Å². The summed E-state index contributed by atoms with van der Waals surface area (Å²) in [6.45, 7) is 3.77. The van der Waals surface area contributed by atoms with Crippen molar-refractivity contribution in [2.24, 2.45) is 0 Å². The molecule has 26 heavy (non-hydrogen) atoms. The maximum atomic E-state index is 13.0. The predicted octanol–water partition coefficient (Wildman–Crippen LogP) is 4.49. The van der Waals surface area contributed by atoms with Gasteiger partial charge >= 0.3 is 11.9 Å². The Morgan fingerprint density at radius 3 is 2.42 bits per heavy atom. The summed E-state index contributed by atoms with van der Waals surface area (Å²) in [6, 6.07) is 17.2. The van der Waals surface area contributed by atoms with E-state index in [1.807, 2.05) is 61.5 Å². The first-order valence-corrected chi connectivity index (χ1v) is 9.18. The van der Waals surface area contributed by atoms with Gasteiger partial charge in [0, 0.05) is 10.4 Å². The number of hydrogen-bond donors (Lipinski definition) is 0. The van der Waals surface area contributed by atoms with Crippen LogP contribution in [0.4, 0.5) is 0 Å². The lowest BCUT2D eigenvalue weighted by atomic mass is 9.67. The Hall–Kier alpha value is -2.40. The number of ether oxygens (including phenoxy) is 2. The zero-order chi connectivity index (χ0) is 18.7. The highest BCUT2D eigenvalue weighted by molar-refractivity contribution is 9.10. The number of halogens is 1. The molecule has 0 radical (unpaired) electrons. The molecule has 0 bridgehead atoms. The molecule has 0 fully saturated rings. The summed E-state index contributed by atoms with van der Waals surface area (Å²) < 4.78 is 11.3. The van der Waals surface area contributed by atoms with Crippen molar-refractivity contribution in [3.63, 3.8) is 0 Å². The summed E-state index contributed by atoms with van der Waals surface area (Å²) in [5.74, 6) is -1.52. The quantitative estimate of drug-likeness (QED) is 0.691. The van der Waals surface area contributed by atoms with Gasteiger partial charge in [0.25, 0.3) is 0 Å². The van der Waals surface area contributed by atoms with Gasteiger partial charge < -0.3 is 9.47 Å². The molecular weight excluding hydrogens is 396 g/mol. The van der Waals surface area contributed by atoms with Crippen LogP contribution in [0.3, 0.4) is 0 Å². The van der Waals surface area contributed by atoms with E-state index in [0.29, 0.717) is 0 Å². The van der Waals surface area contributed by atoms with Gasteiger partial charge in [0.1, 0.15) is 5.41 Å². The van der Waals surface area contributed by atoms with Crippen LogP contribution < -0.4 is 0 Å². The molecule has 2 aromatic carbocycles. The molecule has 0 N–H and O–H groups in total. The molecule has 0 aliphatic carbocycles. The maximum Gasteiger partial charge on any atom is 0.374 e. The van der Waals surface area contributed by atoms with Crippen LogP contribution >= 0.6 is 15.9 Å². The lowest BCUT2D eigenvalue weighted by molar-refractivity contribution is -0.156. The van der Waals surface area contributed by atoms with Gasteiger partial charge in [0.15, 0.2) is 0 Å². The molecule has 0 saturated heterocycles. The number of carbonyl (C=O) groups is 2. The summed E-state index contributed by atoms with van der Waals surface area (Å²) in [4.78, 5) is 25.2. The Labute approximate surface area is 160 Å². The third kappa shape index (κ3) is 3.31. The largest absolute Gasteiger partial charge is 0.460 e. The van der Waals surface area contributed by atoms with E-state index in [1.54, 1.807) is 13.0 Å². The molecule has 5 heteroatoms. The Kier molecular flexibility index (Phi) is 5.28. The number of hydrogen-bond acceptors (Lipinski definition) is 4. The van der Waals surface area contributed by atoms with E-state index >= 15 is 0 Å². The summed E-state index contributed by atoms with van der Waals surface area (Å²) >= 11 is 3.43. The van der Waals surface area contributed by atoms with Crippen LogP contribution in [0.5, 0.6) is 0 Å². The minimum atomic E-state index is -0.953. The van der Waals surface area contributed by atoms with Gasteiger partial charge in [0.05, 0.1) is 6.61 Å². The number of esters is 2. The fourth-order valence-corrected chi connectivity index (χ4v) is 3.44. The molecule has 1 aliphatic heterocycles. The van der Waals surface area contributed by atoms with Gasteiger partial charge in [-0.15, -0.1) is 0 Å². The molecule has 1 aliphatic rings. The fourth-order valence-electron chi connectivity index (χ4n) is 3.18. The van der Waals surface area contributed by atoms with Crippen molar-refractivity contribution in [3.05, 3.63) is 82.0 Å². The molecule has 0 spiro atoms. The average Bonchev–Trinajstić information content (AvgIpc) is 2.65. The van der Waals surface area contributed by atoms with Gasteiger partial charge in [0.2, 0.25) is 5.76 Å². The standard InChI is InChI=1S/C21H19BrO4/c1-3-25-19(23)18-13-17(14-9-11-16(22)12-10-14)21(2,20(24)26-18)15-7-5-4-6-8-15/h4-13,17H,3H2,1-2H3. The maximum absolute atomic E-state index is 13.0. The van der Waals surface area contributed by atoms with Crippen LogP contribution in [-0.2, 0) is 24.5 Å². The predicted molar refractivity (Wildman–Crippen MR) is 101 cm³/mol. The van der Waals surface area contributed by atoms with E-state index in [2.05, 4.69) is 15.9 Å². The van der Waals surface area contributed by atoms with Crippen molar-refractivity contribution in [2.45, 2.75) is 25.2 Å². The van der Waals surface area contributed by atoms with E-state index in [-0.39, 0.29) is 18.3 Å². The molecule has 2 aromatic rings. The molecule has 4 nitrogen and oxygen atoms in total. The molecule has 0 amide bonds. The highest BCUT2D eigenvalue weighted by atomic mass is 79.9. The highest BCUT2D eigenvalue weighted by Gasteiger charge is 2.48. The van der Waals surface area contributed by atoms with Crippen molar-refractivity contribution in [1.29, 1.82) is 0 Å². The third-order valence-electron chi connectivity index (χ3n) is 4.65. The highest BCUT2D eigenvalue weighted by Crippen LogP contribution is 2.45. The van der Waals surface area contributed by atoms with Gasteiger partial charge in [-0.3, -0.25) is 4.79 Å². The lowest BCUT2D eigenvalue weighted by Crippen LogP contribution is -2.43. The van der Waals surface area contributed by atoms with Gasteiger partial charge in [-0.1, -0.05) is 58.4 Å². The van der Waals surface area contributed by atoms with Gasteiger partial charge in [-0.2, -0.15) is 0 Å². The number of cyclic esters (lactones) is 1. The molecule has 134 valence electrons. The Balaban J connectivity index is 2.15. The minimum absolute atomic E-state index is 0.0572. The Morgan fingerprint density at radius 1 is 1.15 bits per heavy atom. The zero-order valence-corrected chi connectivity index (χ0v) is 16.2. The second-order valence-corrected chi connectivity index (χ2v) is 7.15. The fraction of sp³-hybridized carbons (Fsp3) is 0.238. The van der Waals surface area contributed by atoms with Crippen LogP contribution in [0.25, 0.3) is 0 Å². The summed E-state index contributed by atoms with van der Waals surface area (Å²) in [5, 5.41) is 0. The van der Waals surface area contributed by atoms with E-state index < -0.39 is 17.4 Å². The number of benzene rings is 2.